The van der Waals surface area contributed by atoms with Crippen LogP contribution in [0, 0.1) is 0 Å². The maximum atomic E-state index is 12.0. The average Bonchev–Trinajstić information content (AvgIpc) is 2.45. The van der Waals surface area contributed by atoms with Crippen molar-refractivity contribution in [3.05, 3.63) is 47.5 Å². The number of phenols is 2. The number of hydrogen-bond donors (Lipinski definition) is 4. The predicted octanol–water partition coefficient (Wildman–Crippen LogP) is 1.62. The quantitative estimate of drug-likeness (QED) is 0.640. The molecule has 0 atom stereocenters. The Morgan fingerprint density at radius 2 is 1.90 bits per heavy atom. The second-order valence-corrected chi connectivity index (χ2v) is 4.43. The van der Waals surface area contributed by atoms with E-state index in [9.17, 15) is 15.0 Å². The number of benzene rings is 2. The molecule has 6 nitrogen and oxygen atoms in total. The molecule has 0 aliphatic carbocycles. The Kier molecular flexibility index (Phi) is 4.18. The van der Waals surface area contributed by atoms with Crippen LogP contribution in [0.1, 0.15) is 15.9 Å². The van der Waals surface area contributed by atoms with Gasteiger partial charge in [0, 0.05) is 6.54 Å². The van der Waals surface area contributed by atoms with Gasteiger partial charge >= 0.3 is 0 Å². The number of carbonyl (C=O) groups excluding carboxylic acids is 1. The summed E-state index contributed by atoms with van der Waals surface area (Å²) >= 11 is 0. The van der Waals surface area contributed by atoms with Crippen LogP contribution in [-0.4, -0.2) is 23.2 Å². The molecule has 6 heteroatoms. The van der Waals surface area contributed by atoms with Crippen molar-refractivity contribution >= 4 is 11.6 Å². The Bertz CT molecular complexity index is 650. The van der Waals surface area contributed by atoms with Gasteiger partial charge in [0.15, 0.2) is 0 Å². The number of carbonyl (C=O) groups is 1. The first-order valence-corrected chi connectivity index (χ1v) is 6.24. The number of hydrogen-bond acceptors (Lipinski definition) is 5. The molecule has 0 aliphatic rings. The van der Waals surface area contributed by atoms with Gasteiger partial charge in [-0.2, -0.15) is 0 Å². The minimum absolute atomic E-state index is 0.154. The lowest BCUT2D eigenvalue weighted by atomic mass is 10.1. The number of nitrogens with two attached hydrogens (primary N) is 1. The molecule has 0 saturated heterocycles. The van der Waals surface area contributed by atoms with Crippen LogP contribution in [0.3, 0.4) is 0 Å². The van der Waals surface area contributed by atoms with Gasteiger partial charge in [-0.3, -0.25) is 4.79 Å². The summed E-state index contributed by atoms with van der Waals surface area (Å²) in [4.78, 5) is 12.0. The van der Waals surface area contributed by atoms with Gasteiger partial charge < -0.3 is 26.0 Å². The van der Waals surface area contributed by atoms with E-state index in [0.717, 1.165) is 5.56 Å². The van der Waals surface area contributed by atoms with Crippen LogP contribution in [0.5, 0.6) is 17.2 Å². The minimum Gasteiger partial charge on any atom is -0.507 e. The third-order valence-electron chi connectivity index (χ3n) is 2.99. The van der Waals surface area contributed by atoms with Crippen LogP contribution < -0.4 is 15.8 Å². The fourth-order valence-electron chi connectivity index (χ4n) is 1.93. The highest BCUT2D eigenvalue weighted by atomic mass is 16.5. The van der Waals surface area contributed by atoms with Gasteiger partial charge in [-0.15, -0.1) is 0 Å². The molecule has 0 radical (unpaired) electrons. The number of anilines is 1. The van der Waals surface area contributed by atoms with E-state index in [1.54, 1.807) is 18.2 Å². The highest BCUT2D eigenvalue weighted by molar-refractivity contribution is 5.99. The molecule has 2 aromatic rings. The molecule has 1 amide bonds. The number of ether oxygens (including phenoxy) is 1. The maximum Gasteiger partial charge on any atom is 0.259 e. The number of methoxy groups -OCH3 is 1. The van der Waals surface area contributed by atoms with Gasteiger partial charge in [0.25, 0.3) is 5.91 Å². The maximum absolute atomic E-state index is 12.0. The van der Waals surface area contributed by atoms with Gasteiger partial charge in [-0.25, -0.2) is 0 Å². The molecule has 0 aliphatic heterocycles. The lowest BCUT2D eigenvalue weighted by molar-refractivity contribution is 0.0945. The van der Waals surface area contributed by atoms with E-state index in [0.29, 0.717) is 11.4 Å². The third kappa shape index (κ3) is 3.17. The van der Waals surface area contributed by atoms with E-state index in [1.807, 2.05) is 0 Å². The van der Waals surface area contributed by atoms with Crippen molar-refractivity contribution in [3.8, 4) is 17.2 Å². The number of amides is 1. The predicted molar refractivity (Wildman–Crippen MR) is 78.3 cm³/mol. The summed E-state index contributed by atoms with van der Waals surface area (Å²) in [5.41, 5.74) is 6.87. The van der Waals surface area contributed by atoms with E-state index >= 15 is 0 Å². The highest BCUT2D eigenvalue weighted by Gasteiger charge is 2.15. The Balaban J connectivity index is 2.09. The topological polar surface area (TPSA) is 105 Å². The molecule has 0 aromatic heterocycles. The van der Waals surface area contributed by atoms with Gasteiger partial charge in [0.05, 0.1) is 12.8 Å². The lowest BCUT2D eigenvalue weighted by Crippen LogP contribution is -2.23. The SMILES string of the molecule is COc1ccc(CNC(=O)c2c(O)cccc2O)cc1N. The molecule has 0 bridgehead atoms. The van der Waals surface area contributed by atoms with Gasteiger partial charge in [-0.1, -0.05) is 12.1 Å². The Hall–Kier alpha value is -2.89. The summed E-state index contributed by atoms with van der Waals surface area (Å²) in [6.07, 6.45) is 0. The number of nitrogen functional groups attached to an aromatic ring is 1. The third-order valence-corrected chi connectivity index (χ3v) is 2.99. The Morgan fingerprint density at radius 3 is 2.48 bits per heavy atom. The van der Waals surface area contributed by atoms with Crippen LogP contribution in [0.15, 0.2) is 36.4 Å². The molecular weight excluding hydrogens is 272 g/mol. The normalized spacial score (nSPS) is 10.1. The fraction of sp³-hybridized carbons (Fsp3) is 0.133. The molecule has 0 saturated carbocycles. The molecule has 2 rings (SSSR count). The first kappa shape index (κ1) is 14.5. The summed E-state index contributed by atoms with van der Waals surface area (Å²) in [5.74, 6) is -0.563. The second-order valence-electron chi connectivity index (χ2n) is 4.43. The van der Waals surface area contributed by atoms with E-state index in [-0.39, 0.29) is 23.6 Å². The summed E-state index contributed by atoms with van der Waals surface area (Å²) in [5, 5.41) is 21.8. The van der Waals surface area contributed by atoms with Gasteiger partial charge in [0.2, 0.25) is 0 Å². The van der Waals surface area contributed by atoms with E-state index in [1.165, 1.54) is 25.3 Å². The molecule has 0 spiro atoms. The number of aromatic hydroxyl groups is 2. The van der Waals surface area contributed by atoms with Crippen LogP contribution in [-0.2, 0) is 6.54 Å². The van der Waals surface area contributed by atoms with Crippen molar-refractivity contribution in [3.63, 3.8) is 0 Å². The molecule has 21 heavy (non-hydrogen) atoms. The Labute approximate surface area is 121 Å². The Morgan fingerprint density at radius 1 is 1.24 bits per heavy atom. The van der Waals surface area contributed by atoms with Crippen molar-refractivity contribution in [2.75, 3.05) is 12.8 Å². The molecule has 5 N–H and O–H groups in total. The second kappa shape index (κ2) is 6.04. The zero-order chi connectivity index (χ0) is 15.4. The van der Waals surface area contributed by atoms with E-state index < -0.39 is 5.91 Å². The van der Waals surface area contributed by atoms with Crippen molar-refractivity contribution in [1.29, 1.82) is 0 Å². The monoisotopic (exact) mass is 288 g/mol. The fourth-order valence-corrected chi connectivity index (χ4v) is 1.93. The molecule has 110 valence electrons. The molecular formula is C15H16N2O4. The van der Waals surface area contributed by atoms with Crippen molar-refractivity contribution in [2.24, 2.45) is 0 Å². The number of nitrogens with one attached hydrogen (secondary N) is 1. The molecule has 0 fully saturated rings. The van der Waals surface area contributed by atoms with E-state index in [2.05, 4.69) is 5.32 Å². The zero-order valence-corrected chi connectivity index (χ0v) is 11.5. The summed E-state index contributed by atoms with van der Waals surface area (Å²) in [6, 6.07) is 9.27. The summed E-state index contributed by atoms with van der Waals surface area (Å²) in [6.45, 7) is 0.209. The zero-order valence-electron chi connectivity index (χ0n) is 11.5. The van der Waals surface area contributed by atoms with Crippen LogP contribution >= 0.6 is 0 Å². The van der Waals surface area contributed by atoms with Crippen molar-refractivity contribution in [2.45, 2.75) is 6.54 Å². The average molecular weight is 288 g/mol. The molecule has 2 aromatic carbocycles. The van der Waals surface area contributed by atoms with Crippen LogP contribution in [0.4, 0.5) is 5.69 Å². The largest absolute Gasteiger partial charge is 0.507 e. The first-order valence-electron chi connectivity index (χ1n) is 6.24. The van der Waals surface area contributed by atoms with Gasteiger partial charge in [0.1, 0.15) is 22.8 Å². The smallest absolute Gasteiger partial charge is 0.259 e. The minimum atomic E-state index is -0.569. The van der Waals surface area contributed by atoms with Gasteiger partial charge in [-0.05, 0) is 29.8 Å². The molecule has 0 unspecified atom stereocenters. The van der Waals surface area contributed by atoms with Crippen LogP contribution in [0.25, 0.3) is 0 Å². The van der Waals surface area contributed by atoms with Crippen molar-refractivity contribution in [1.82, 2.24) is 5.32 Å². The lowest BCUT2D eigenvalue weighted by Gasteiger charge is -2.10. The highest BCUT2D eigenvalue weighted by Crippen LogP contribution is 2.26. The summed E-state index contributed by atoms with van der Waals surface area (Å²) < 4.78 is 5.05. The summed E-state index contributed by atoms with van der Waals surface area (Å²) in [7, 11) is 1.52. The number of phenolic OH excluding ortho intramolecular Hbond substituents is 2. The van der Waals surface area contributed by atoms with E-state index in [4.69, 9.17) is 10.5 Å². The number of rotatable bonds is 4. The van der Waals surface area contributed by atoms with Crippen molar-refractivity contribution < 1.29 is 19.7 Å². The van der Waals surface area contributed by atoms with Crippen LogP contribution in [0.2, 0.25) is 0 Å². The first-order chi connectivity index (χ1) is 10.0. The molecule has 0 heterocycles. The standard InChI is InChI=1S/C15H16N2O4/c1-21-13-6-5-9(7-10(13)16)8-17-15(20)14-11(18)3-2-4-12(14)19/h2-7,18-19H,8,16H2,1H3,(H,17,20).